The SMILES string of the molecule is CCCOc1cc(OCCC)c2cc(C(=O)c3cccc(C(F)(F)F)c3)c(=O)oc2c1. The van der Waals surface area contributed by atoms with Crippen LogP contribution in [0.1, 0.15) is 48.2 Å². The lowest BCUT2D eigenvalue weighted by molar-refractivity contribution is -0.137. The van der Waals surface area contributed by atoms with Gasteiger partial charge in [0.05, 0.1) is 24.2 Å². The molecule has 0 fully saturated rings. The number of halogens is 3. The molecule has 0 saturated carbocycles. The Hall–Kier alpha value is -3.29. The van der Waals surface area contributed by atoms with Crippen molar-refractivity contribution in [1.82, 2.24) is 0 Å². The molecule has 0 spiro atoms. The fourth-order valence-corrected chi connectivity index (χ4v) is 2.95. The molecule has 0 aliphatic rings. The monoisotopic (exact) mass is 434 g/mol. The minimum atomic E-state index is -4.61. The van der Waals surface area contributed by atoms with Crippen molar-refractivity contribution in [2.45, 2.75) is 32.9 Å². The molecule has 3 aromatic rings. The van der Waals surface area contributed by atoms with Crippen LogP contribution in [0.15, 0.2) is 51.7 Å². The normalized spacial score (nSPS) is 11.5. The zero-order valence-corrected chi connectivity index (χ0v) is 17.0. The van der Waals surface area contributed by atoms with E-state index in [-0.39, 0.29) is 16.7 Å². The van der Waals surface area contributed by atoms with E-state index in [0.717, 1.165) is 18.6 Å². The van der Waals surface area contributed by atoms with E-state index in [4.69, 9.17) is 13.9 Å². The van der Waals surface area contributed by atoms with Gasteiger partial charge in [0.1, 0.15) is 22.6 Å². The van der Waals surface area contributed by atoms with Gasteiger partial charge >= 0.3 is 11.8 Å². The number of hydrogen-bond donors (Lipinski definition) is 0. The Morgan fingerprint density at radius 3 is 2.39 bits per heavy atom. The Morgan fingerprint density at radius 1 is 1.00 bits per heavy atom. The number of ether oxygens (including phenoxy) is 2. The third kappa shape index (κ3) is 5.07. The topological polar surface area (TPSA) is 65.7 Å². The van der Waals surface area contributed by atoms with Crippen LogP contribution in [0.2, 0.25) is 0 Å². The molecule has 0 aliphatic heterocycles. The van der Waals surface area contributed by atoms with Gasteiger partial charge < -0.3 is 13.9 Å². The third-order valence-electron chi connectivity index (χ3n) is 4.42. The first kappa shape index (κ1) is 22.4. The lowest BCUT2D eigenvalue weighted by atomic mass is 10.0. The molecule has 2 aromatic carbocycles. The molecule has 3 rings (SSSR count). The van der Waals surface area contributed by atoms with E-state index in [1.807, 2.05) is 13.8 Å². The molecule has 1 aromatic heterocycles. The average molecular weight is 434 g/mol. The minimum absolute atomic E-state index is 0.158. The highest BCUT2D eigenvalue weighted by atomic mass is 19.4. The molecule has 0 atom stereocenters. The van der Waals surface area contributed by atoms with Crippen LogP contribution >= 0.6 is 0 Å². The molecular formula is C23H21F3O5. The molecule has 8 heteroatoms. The minimum Gasteiger partial charge on any atom is -0.493 e. The van der Waals surface area contributed by atoms with E-state index in [1.165, 1.54) is 18.2 Å². The second kappa shape index (κ2) is 9.24. The summed E-state index contributed by atoms with van der Waals surface area (Å²) in [6, 6.07) is 8.34. The van der Waals surface area contributed by atoms with Crippen LogP contribution in [0.5, 0.6) is 11.5 Å². The number of benzene rings is 2. The molecule has 31 heavy (non-hydrogen) atoms. The van der Waals surface area contributed by atoms with Crippen LogP contribution in [0, 0.1) is 0 Å². The van der Waals surface area contributed by atoms with Gasteiger partial charge in [-0.05, 0) is 31.0 Å². The van der Waals surface area contributed by atoms with Crippen molar-refractivity contribution in [3.05, 3.63) is 69.6 Å². The van der Waals surface area contributed by atoms with Crippen molar-refractivity contribution in [3.8, 4) is 11.5 Å². The standard InChI is InChI=1S/C23H21F3O5/c1-3-8-29-16-11-19(30-9-4-2)17-13-18(22(28)31-20(17)12-16)21(27)14-6-5-7-15(10-14)23(24,25)26/h5-7,10-13H,3-4,8-9H2,1-2H3. The average Bonchev–Trinajstić information content (AvgIpc) is 2.74. The zero-order chi connectivity index (χ0) is 22.6. The first-order valence-electron chi connectivity index (χ1n) is 9.84. The summed E-state index contributed by atoms with van der Waals surface area (Å²) in [5.41, 5.74) is -2.42. The van der Waals surface area contributed by atoms with E-state index in [0.29, 0.717) is 42.6 Å². The summed E-state index contributed by atoms with van der Waals surface area (Å²) in [7, 11) is 0. The first-order valence-corrected chi connectivity index (χ1v) is 9.84. The summed E-state index contributed by atoms with van der Waals surface area (Å²) in [4.78, 5) is 25.3. The van der Waals surface area contributed by atoms with Crippen LogP contribution in [-0.2, 0) is 6.18 Å². The highest BCUT2D eigenvalue weighted by Gasteiger charge is 2.31. The van der Waals surface area contributed by atoms with Crippen molar-refractivity contribution in [3.63, 3.8) is 0 Å². The number of carbonyl (C=O) groups is 1. The molecular weight excluding hydrogens is 413 g/mol. The number of rotatable bonds is 8. The largest absolute Gasteiger partial charge is 0.493 e. The molecule has 5 nitrogen and oxygen atoms in total. The number of fused-ring (bicyclic) bond motifs is 1. The Kier molecular flexibility index (Phi) is 6.68. The van der Waals surface area contributed by atoms with Gasteiger partial charge in [0.2, 0.25) is 0 Å². The van der Waals surface area contributed by atoms with Crippen molar-refractivity contribution < 1.29 is 31.9 Å². The number of ketones is 1. The Balaban J connectivity index is 2.10. The van der Waals surface area contributed by atoms with Crippen LogP contribution in [0.25, 0.3) is 11.0 Å². The molecule has 0 saturated heterocycles. The fourth-order valence-electron chi connectivity index (χ4n) is 2.95. The molecule has 1 heterocycles. The lowest BCUT2D eigenvalue weighted by Crippen LogP contribution is -2.16. The summed E-state index contributed by atoms with van der Waals surface area (Å²) >= 11 is 0. The van der Waals surface area contributed by atoms with E-state index < -0.39 is 23.1 Å². The van der Waals surface area contributed by atoms with Gasteiger partial charge in [-0.2, -0.15) is 13.2 Å². The molecule has 0 bridgehead atoms. The van der Waals surface area contributed by atoms with Crippen molar-refractivity contribution in [2.75, 3.05) is 13.2 Å². The second-order valence-corrected chi connectivity index (χ2v) is 6.89. The summed E-state index contributed by atoms with van der Waals surface area (Å²) in [5.74, 6) is -0.0673. The van der Waals surface area contributed by atoms with Crippen LogP contribution < -0.4 is 15.1 Å². The maximum Gasteiger partial charge on any atom is 0.416 e. The van der Waals surface area contributed by atoms with Crippen LogP contribution in [0.4, 0.5) is 13.2 Å². The zero-order valence-electron chi connectivity index (χ0n) is 17.0. The van der Waals surface area contributed by atoms with E-state index >= 15 is 0 Å². The van der Waals surface area contributed by atoms with Gasteiger partial charge in [-0.3, -0.25) is 4.79 Å². The van der Waals surface area contributed by atoms with Gasteiger partial charge in [0.15, 0.2) is 5.78 Å². The molecule has 164 valence electrons. The summed E-state index contributed by atoms with van der Waals surface area (Å²) in [5, 5.41) is 0.354. The van der Waals surface area contributed by atoms with Crippen molar-refractivity contribution in [1.29, 1.82) is 0 Å². The first-order chi connectivity index (χ1) is 14.7. The molecule has 0 aliphatic carbocycles. The summed E-state index contributed by atoms with van der Waals surface area (Å²) < 4.78 is 55.6. The Morgan fingerprint density at radius 2 is 1.71 bits per heavy atom. The lowest BCUT2D eigenvalue weighted by Gasteiger charge is -2.12. The summed E-state index contributed by atoms with van der Waals surface area (Å²) in [6.45, 7) is 4.70. The predicted octanol–water partition coefficient (Wildman–Crippen LogP) is 5.62. The Labute approximate surface area is 176 Å². The van der Waals surface area contributed by atoms with Crippen LogP contribution in [-0.4, -0.2) is 19.0 Å². The quantitative estimate of drug-likeness (QED) is 0.340. The maximum absolute atomic E-state index is 13.0. The molecule has 0 N–H and O–H groups in total. The summed E-state index contributed by atoms with van der Waals surface area (Å²) in [6.07, 6.45) is -3.12. The van der Waals surface area contributed by atoms with Gasteiger partial charge in [-0.15, -0.1) is 0 Å². The van der Waals surface area contributed by atoms with Gasteiger partial charge in [-0.25, -0.2) is 4.79 Å². The van der Waals surface area contributed by atoms with E-state index in [9.17, 15) is 22.8 Å². The molecule has 0 unspecified atom stereocenters. The third-order valence-corrected chi connectivity index (χ3v) is 4.42. The Bertz CT molecular complexity index is 1150. The highest BCUT2D eigenvalue weighted by Crippen LogP contribution is 2.33. The van der Waals surface area contributed by atoms with Gasteiger partial charge in [0.25, 0.3) is 0 Å². The number of carbonyl (C=O) groups excluding carboxylic acids is 1. The predicted molar refractivity (Wildman–Crippen MR) is 109 cm³/mol. The molecule has 0 radical (unpaired) electrons. The second-order valence-electron chi connectivity index (χ2n) is 6.89. The van der Waals surface area contributed by atoms with Gasteiger partial charge in [-0.1, -0.05) is 26.0 Å². The number of alkyl halides is 3. The van der Waals surface area contributed by atoms with Gasteiger partial charge in [0, 0.05) is 17.7 Å². The molecule has 0 amide bonds. The van der Waals surface area contributed by atoms with E-state index in [2.05, 4.69) is 0 Å². The fraction of sp³-hybridized carbons (Fsp3) is 0.304. The smallest absolute Gasteiger partial charge is 0.416 e. The van der Waals surface area contributed by atoms with Crippen LogP contribution in [0.3, 0.4) is 0 Å². The highest BCUT2D eigenvalue weighted by molar-refractivity contribution is 6.10. The van der Waals surface area contributed by atoms with Crippen molar-refractivity contribution in [2.24, 2.45) is 0 Å². The van der Waals surface area contributed by atoms with Crippen molar-refractivity contribution >= 4 is 16.8 Å². The number of hydrogen-bond acceptors (Lipinski definition) is 5. The maximum atomic E-state index is 13.0. The van der Waals surface area contributed by atoms with E-state index in [1.54, 1.807) is 6.07 Å².